The van der Waals surface area contributed by atoms with Gasteiger partial charge in [0, 0.05) is 23.9 Å². The SMILES string of the molecule is Cc1ccccc1[C@H]1c2ccsc2CCN1C(=O)CN(CC1CC1)C(=O)C1CC1. The van der Waals surface area contributed by atoms with Crippen molar-refractivity contribution in [1.82, 2.24) is 9.80 Å². The van der Waals surface area contributed by atoms with Crippen LogP contribution in [0, 0.1) is 18.8 Å². The van der Waals surface area contributed by atoms with Crippen LogP contribution < -0.4 is 0 Å². The third-order valence-corrected chi connectivity index (χ3v) is 7.51. The van der Waals surface area contributed by atoms with Gasteiger partial charge in [0.1, 0.15) is 0 Å². The number of fused-ring (bicyclic) bond motifs is 1. The number of nitrogens with zero attached hydrogens (tertiary/aromatic N) is 2. The van der Waals surface area contributed by atoms with E-state index in [1.807, 2.05) is 15.9 Å². The van der Waals surface area contributed by atoms with Crippen molar-refractivity contribution in [2.45, 2.75) is 45.1 Å². The highest BCUT2D eigenvalue weighted by molar-refractivity contribution is 7.10. The molecule has 0 radical (unpaired) electrons. The normalized spacial score (nSPS) is 21.0. The van der Waals surface area contributed by atoms with E-state index in [1.165, 1.54) is 34.4 Å². The molecule has 1 aromatic heterocycles. The zero-order valence-electron chi connectivity index (χ0n) is 17.0. The lowest BCUT2D eigenvalue weighted by Crippen LogP contribution is -2.47. The first-order valence-corrected chi connectivity index (χ1v) is 11.7. The van der Waals surface area contributed by atoms with Crippen LogP contribution in [0.25, 0.3) is 0 Å². The molecule has 1 atom stereocenters. The lowest BCUT2D eigenvalue weighted by Gasteiger charge is -2.38. The van der Waals surface area contributed by atoms with Gasteiger partial charge in [-0.2, -0.15) is 0 Å². The molecule has 0 bridgehead atoms. The van der Waals surface area contributed by atoms with E-state index in [1.54, 1.807) is 11.3 Å². The number of thiophene rings is 1. The van der Waals surface area contributed by atoms with Crippen molar-refractivity contribution in [2.75, 3.05) is 19.6 Å². The van der Waals surface area contributed by atoms with Gasteiger partial charge in [0.05, 0.1) is 12.6 Å². The summed E-state index contributed by atoms with van der Waals surface area (Å²) in [6, 6.07) is 10.5. The quantitative estimate of drug-likeness (QED) is 0.719. The number of rotatable bonds is 6. The second kappa shape index (κ2) is 7.60. The largest absolute Gasteiger partial charge is 0.333 e. The van der Waals surface area contributed by atoms with Crippen molar-refractivity contribution in [2.24, 2.45) is 11.8 Å². The van der Waals surface area contributed by atoms with E-state index in [0.717, 1.165) is 32.4 Å². The highest BCUT2D eigenvalue weighted by Gasteiger charge is 2.39. The van der Waals surface area contributed by atoms with Crippen LogP contribution in [-0.2, 0) is 16.0 Å². The number of hydrogen-bond acceptors (Lipinski definition) is 3. The molecule has 5 rings (SSSR count). The van der Waals surface area contributed by atoms with E-state index in [-0.39, 0.29) is 30.3 Å². The molecule has 0 N–H and O–H groups in total. The average molecular weight is 409 g/mol. The van der Waals surface area contributed by atoms with E-state index < -0.39 is 0 Å². The van der Waals surface area contributed by atoms with Crippen molar-refractivity contribution in [3.05, 3.63) is 57.3 Å². The van der Waals surface area contributed by atoms with Crippen molar-refractivity contribution >= 4 is 23.2 Å². The molecule has 2 saturated carbocycles. The standard InChI is InChI=1S/C24H28N2O2S/c1-16-4-2-3-5-19(16)23-20-11-13-29-21(20)10-12-26(23)22(27)15-25(14-17-6-7-17)24(28)18-8-9-18/h2-5,11,13,17-18,23H,6-10,12,14-15H2,1H3/t23-/m0/s1. The fourth-order valence-corrected chi connectivity index (χ4v) is 5.40. The number of aryl methyl sites for hydroxylation is 1. The fraction of sp³-hybridized carbons (Fsp3) is 0.500. The van der Waals surface area contributed by atoms with Crippen LogP contribution in [0.3, 0.4) is 0 Å². The van der Waals surface area contributed by atoms with Crippen molar-refractivity contribution in [1.29, 1.82) is 0 Å². The number of amides is 2. The Balaban J connectivity index is 1.42. The first-order chi connectivity index (χ1) is 14.1. The van der Waals surface area contributed by atoms with Crippen LogP contribution in [0.5, 0.6) is 0 Å². The Morgan fingerprint density at radius 1 is 1.10 bits per heavy atom. The van der Waals surface area contributed by atoms with Gasteiger partial charge in [0.25, 0.3) is 0 Å². The molecule has 152 valence electrons. The molecule has 2 fully saturated rings. The van der Waals surface area contributed by atoms with Gasteiger partial charge >= 0.3 is 0 Å². The van der Waals surface area contributed by atoms with Gasteiger partial charge in [-0.3, -0.25) is 9.59 Å². The highest BCUT2D eigenvalue weighted by Crippen LogP contribution is 2.39. The Kier molecular flexibility index (Phi) is 4.94. The Morgan fingerprint density at radius 3 is 2.62 bits per heavy atom. The maximum atomic E-state index is 13.5. The van der Waals surface area contributed by atoms with Gasteiger partial charge in [-0.25, -0.2) is 0 Å². The minimum atomic E-state index is -0.0440. The minimum absolute atomic E-state index is 0.0440. The lowest BCUT2D eigenvalue weighted by molar-refractivity contribution is -0.142. The molecular formula is C24H28N2O2S. The Morgan fingerprint density at radius 2 is 1.90 bits per heavy atom. The highest BCUT2D eigenvalue weighted by atomic mass is 32.1. The van der Waals surface area contributed by atoms with Crippen molar-refractivity contribution in [3.8, 4) is 0 Å². The van der Waals surface area contributed by atoms with Gasteiger partial charge in [0.15, 0.2) is 0 Å². The van der Waals surface area contributed by atoms with E-state index in [9.17, 15) is 9.59 Å². The lowest BCUT2D eigenvalue weighted by atomic mass is 9.90. The summed E-state index contributed by atoms with van der Waals surface area (Å²) in [6.45, 7) is 3.83. The molecule has 2 aromatic rings. The molecular weight excluding hydrogens is 380 g/mol. The second-order valence-corrected chi connectivity index (χ2v) is 9.83. The Hall–Kier alpha value is -2.14. The third kappa shape index (κ3) is 3.85. The van der Waals surface area contributed by atoms with E-state index in [0.29, 0.717) is 5.92 Å². The summed E-state index contributed by atoms with van der Waals surface area (Å²) >= 11 is 1.79. The van der Waals surface area contributed by atoms with Crippen LogP contribution in [0.4, 0.5) is 0 Å². The van der Waals surface area contributed by atoms with E-state index >= 15 is 0 Å². The van der Waals surface area contributed by atoms with Gasteiger partial charge in [-0.1, -0.05) is 24.3 Å². The minimum Gasteiger partial charge on any atom is -0.333 e. The summed E-state index contributed by atoms with van der Waals surface area (Å²) in [7, 11) is 0. The number of hydrogen-bond donors (Lipinski definition) is 0. The monoisotopic (exact) mass is 408 g/mol. The number of carbonyl (C=O) groups excluding carboxylic acids is 2. The third-order valence-electron chi connectivity index (χ3n) is 6.51. The summed E-state index contributed by atoms with van der Waals surface area (Å²) in [6.07, 6.45) is 5.26. The molecule has 29 heavy (non-hydrogen) atoms. The zero-order chi connectivity index (χ0) is 20.0. The molecule has 2 heterocycles. The maximum absolute atomic E-state index is 13.5. The van der Waals surface area contributed by atoms with E-state index in [4.69, 9.17) is 0 Å². The summed E-state index contributed by atoms with van der Waals surface area (Å²) < 4.78 is 0. The van der Waals surface area contributed by atoms with Crippen LogP contribution in [0.2, 0.25) is 0 Å². The molecule has 2 aliphatic carbocycles. The first-order valence-electron chi connectivity index (χ1n) is 10.8. The Labute approximate surface area is 176 Å². The van der Waals surface area contributed by atoms with E-state index in [2.05, 4.69) is 36.6 Å². The predicted octanol–water partition coefficient (Wildman–Crippen LogP) is 4.18. The van der Waals surface area contributed by atoms with Crippen molar-refractivity contribution < 1.29 is 9.59 Å². The topological polar surface area (TPSA) is 40.6 Å². The summed E-state index contributed by atoms with van der Waals surface area (Å²) in [5.41, 5.74) is 3.66. The molecule has 0 saturated heterocycles. The average Bonchev–Trinajstić information content (AvgIpc) is 3.65. The zero-order valence-corrected chi connectivity index (χ0v) is 17.8. The molecule has 0 unspecified atom stereocenters. The smallest absolute Gasteiger partial charge is 0.242 e. The summed E-state index contributed by atoms with van der Waals surface area (Å²) in [4.78, 5) is 31.6. The van der Waals surface area contributed by atoms with Gasteiger partial charge in [-0.15, -0.1) is 11.3 Å². The van der Waals surface area contributed by atoms with Crippen LogP contribution >= 0.6 is 11.3 Å². The van der Waals surface area contributed by atoms with Crippen molar-refractivity contribution in [3.63, 3.8) is 0 Å². The Bertz CT molecular complexity index is 928. The van der Waals surface area contributed by atoms with Gasteiger partial charge in [0.2, 0.25) is 11.8 Å². The summed E-state index contributed by atoms with van der Waals surface area (Å²) in [5, 5.41) is 2.14. The first kappa shape index (κ1) is 18.9. The fourth-order valence-electron chi connectivity index (χ4n) is 4.50. The predicted molar refractivity (Wildman–Crippen MR) is 115 cm³/mol. The second-order valence-electron chi connectivity index (χ2n) is 8.83. The molecule has 2 amide bonds. The molecule has 5 heteroatoms. The van der Waals surface area contributed by atoms with Crippen LogP contribution in [0.15, 0.2) is 35.7 Å². The molecule has 4 nitrogen and oxygen atoms in total. The molecule has 1 aliphatic heterocycles. The summed E-state index contributed by atoms with van der Waals surface area (Å²) in [5.74, 6) is 1.05. The van der Waals surface area contributed by atoms with Gasteiger partial charge in [-0.05, 0) is 73.1 Å². The van der Waals surface area contributed by atoms with Gasteiger partial charge < -0.3 is 9.80 Å². The number of carbonyl (C=O) groups is 2. The molecule has 1 aromatic carbocycles. The molecule has 3 aliphatic rings. The number of benzene rings is 1. The molecule has 0 spiro atoms. The van der Waals surface area contributed by atoms with Crippen LogP contribution in [-0.4, -0.2) is 41.2 Å². The maximum Gasteiger partial charge on any atom is 0.242 e. The van der Waals surface area contributed by atoms with Crippen LogP contribution in [0.1, 0.15) is 53.3 Å².